The normalized spacial score (nSPS) is 12.7. The maximum absolute atomic E-state index is 10.5. The van der Waals surface area contributed by atoms with Crippen LogP contribution in [-0.4, -0.2) is 19.9 Å². The first-order valence-electron chi connectivity index (χ1n) is 6.32. The van der Waals surface area contributed by atoms with E-state index < -0.39 is 6.10 Å². The van der Waals surface area contributed by atoms with Gasteiger partial charge < -0.3 is 5.11 Å². The number of nitrogens with zero attached hydrogens (tertiary/aromatic N) is 3. The van der Waals surface area contributed by atoms with Gasteiger partial charge in [0.1, 0.15) is 6.10 Å². The van der Waals surface area contributed by atoms with Crippen LogP contribution in [0.15, 0.2) is 24.5 Å². The molecule has 1 N–H and O–H groups in total. The van der Waals surface area contributed by atoms with E-state index in [2.05, 4.69) is 17.0 Å². The lowest BCUT2D eigenvalue weighted by molar-refractivity contribution is 0.207. The predicted octanol–water partition coefficient (Wildman–Crippen LogP) is 2.25. The van der Waals surface area contributed by atoms with Crippen LogP contribution in [0.3, 0.4) is 0 Å². The highest BCUT2D eigenvalue weighted by molar-refractivity contribution is 5.30. The molecule has 0 aromatic carbocycles. The third kappa shape index (κ3) is 2.29. The van der Waals surface area contributed by atoms with Gasteiger partial charge in [-0.15, -0.1) is 0 Å². The topological polar surface area (TPSA) is 50.9 Å². The maximum atomic E-state index is 10.5. The SMILES string of the molecule is CCc1cc(C(O)c2cnccc2C)n(CC)n1. The Balaban J connectivity index is 2.42. The van der Waals surface area contributed by atoms with Gasteiger partial charge in [-0.3, -0.25) is 9.67 Å². The molecule has 4 nitrogen and oxygen atoms in total. The van der Waals surface area contributed by atoms with Gasteiger partial charge in [0.2, 0.25) is 0 Å². The van der Waals surface area contributed by atoms with Gasteiger partial charge in [-0.25, -0.2) is 0 Å². The number of aromatic nitrogens is 3. The highest BCUT2D eigenvalue weighted by Gasteiger charge is 2.18. The highest BCUT2D eigenvalue weighted by atomic mass is 16.3. The summed E-state index contributed by atoms with van der Waals surface area (Å²) in [7, 11) is 0. The number of hydrogen-bond donors (Lipinski definition) is 1. The molecular formula is C14H19N3O. The average molecular weight is 245 g/mol. The maximum Gasteiger partial charge on any atom is 0.122 e. The second kappa shape index (κ2) is 5.31. The Morgan fingerprint density at radius 3 is 2.78 bits per heavy atom. The van der Waals surface area contributed by atoms with Crippen molar-refractivity contribution in [2.24, 2.45) is 0 Å². The molecule has 18 heavy (non-hydrogen) atoms. The van der Waals surface area contributed by atoms with Crippen LogP contribution in [0.1, 0.15) is 42.5 Å². The monoisotopic (exact) mass is 245 g/mol. The zero-order chi connectivity index (χ0) is 13.1. The summed E-state index contributed by atoms with van der Waals surface area (Å²) in [5.41, 5.74) is 3.73. The van der Waals surface area contributed by atoms with E-state index in [9.17, 15) is 5.11 Å². The van der Waals surface area contributed by atoms with Gasteiger partial charge in [-0.05, 0) is 38.0 Å². The lowest BCUT2D eigenvalue weighted by Crippen LogP contribution is -2.10. The molecule has 0 spiro atoms. The van der Waals surface area contributed by atoms with Crippen molar-refractivity contribution in [1.29, 1.82) is 0 Å². The summed E-state index contributed by atoms with van der Waals surface area (Å²) < 4.78 is 1.86. The van der Waals surface area contributed by atoms with Gasteiger partial charge in [0.25, 0.3) is 0 Å². The number of hydrogen-bond acceptors (Lipinski definition) is 3. The molecule has 0 aliphatic carbocycles. The molecule has 0 radical (unpaired) electrons. The number of aryl methyl sites for hydroxylation is 3. The Hall–Kier alpha value is -1.68. The Labute approximate surface area is 107 Å². The summed E-state index contributed by atoms with van der Waals surface area (Å²) in [5, 5.41) is 15.0. The van der Waals surface area contributed by atoms with Crippen LogP contribution in [0.4, 0.5) is 0 Å². The molecule has 0 aliphatic rings. The van der Waals surface area contributed by atoms with Crippen molar-refractivity contribution >= 4 is 0 Å². The second-order valence-corrected chi connectivity index (χ2v) is 4.36. The first kappa shape index (κ1) is 12.8. The smallest absolute Gasteiger partial charge is 0.122 e. The Morgan fingerprint density at radius 2 is 2.17 bits per heavy atom. The minimum Gasteiger partial charge on any atom is -0.382 e. The fourth-order valence-electron chi connectivity index (χ4n) is 2.05. The van der Waals surface area contributed by atoms with E-state index in [1.807, 2.05) is 30.7 Å². The third-order valence-corrected chi connectivity index (χ3v) is 3.18. The van der Waals surface area contributed by atoms with Crippen molar-refractivity contribution < 1.29 is 5.11 Å². The first-order chi connectivity index (χ1) is 8.67. The molecule has 0 amide bonds. The van der Waals surface area contributed by atoms with E-state index >= 15 is 0 Å². The van der Waals surface area contributed by atoms with E-state index in [4.69, 9.17) is 0 Å². The average Bonchev–Trinajstić information content (AvgIpc) is 2.82. The number of pyridine rings is 1. The van der Waals surface area contributed by atoms with Crippen LogP contribution < -0.4 is 0 Å². The summed E-state index contributed by atoms with van der Waals surface area (Å²) in [6.07, 6.45) is 3.67. The van der Waals surface area contributed by atoms with Crippen molar-refractivity contribution in [2.45, 2.75) is 39.8 Å². The molecule has 2 aromatic rings. The van der Waals surface area contributed by atoms with Gasteiger partial charge in [-0.1, -0.05) is 6.92 Å². The molecule has 0 aliphatic heterocycles. The van der Waals surface area contributed by atoms with Gasteiger partial charge in [-0.2, -0.15) is 5.10 Å². The van der Waals surface area contributed by atoms with Crippen molar-refractivity contribution in [3.63, 3.8) is 0 Å². The minimum absolute atomic E-state index is 0.661. The summed E-state index contributed by atoms with van der Waals surface area (Å²) >= 11 is 0. The van der Waals surface area contributed by atoms with Crippen LogP contribution in [0, 0.1) is 6.92 Å². The quantitative estimate of drug-likeness (QED) is 0.898. The molecule has 0 saturated heterocycles. The molecule has 1 atom stereocenters. The third-order valence-electron chi connectivity index (χ3n) is 3.18. The van der Waals surface area contributed by atoms with E-state index in [1.165, 1.54) is 0 Å². The lowest BCUT2D eigenvalue weighted by atomic mass is 10.0. The summed E-state index contributed by atoms with van der Waals surface area (Å²) in [6, 6.07) is 3.88. The fraction of sp³-hybridized carbons (Fsp3) is 0.429. The van der Waals surface area contributed by atoms with Crippen molar-refractivity contribution in [2.75, 3.05) is 0 Å². The van der Waals surface area contributed by atoms with E-state index in [0.717, 1.165) is 35.5 Å². The van der Waals surface area contributed by atoms with Crippen molar-refractivity contribution in [3.8, 4) is 0 Å². The minimum atomic E-state index is -0.661. The van der Waals surface area contributed by atoms with Gasteiger partial charge in [0.15, 0.2) is 0 Å². The first-order valence-corrected chi connectivity index (χ1v) is 6.32. The number of aliphatic hydroxyl groups excluding tert-OH is 1. The molecule has 0 bridgehead atoms. The Kier molecular flexibility index (Phi) is 3.77. The van der Waals surface area contributed by atoms with E-state index in [0.29, 0.717) is 0 Å². The summed E-state index contributed by atoms with van der Waals surface area (Å²) in [4.78, 5) is 4.08. The molecule has 2 aromatic heterocycles. The lowest BCUT2D eigenvalue weighted by Gasteiger charge is -2.14. The van der Waals surface area contributed by atoms with Crippen LogP contribution in [-0.2, 0) is 13.0 Å². The van der Waals surface area contributed by atoms with Crippen molar-refractivity contribution in [3.05, 3.63) is 47.0 Å². The zero-order valence-corrected chi connectivity index (χ0v) is 11.1. The molecule has 1 unspecified atom stereocenters. The van der Waals surface area contributed by atoms with Crippen LogP contribution >= 0.6 is 0 Å². The Bertz CT molecular complexity index is 534. The molecule has 0 saturated carbocycles. The summed E-state index contributed by atoms with van der Waals surface area (Å²) in [5.74, 6) is 0. The highest BCUT2D eigenvalue weighted by Crippen LogP contribution is 2.24. The summed E-state index contributed by atoms with van der Waals surface area (Å²) in [6.45, 7) is 6.83. The predicted molar refractivity (Wildman–Crippen MR) is 70.3 cm³/mol. The molecular weight excluding hydrogens is 226 g/mol. The van der Waals surface area contributed by atoms with Crippen LogP contribution in [0.5, 0.6) is 0 Å². The number of aliphatic hydroxyl groups is 1. The van der Waals surface area contributed by atoms with Crippen LogP contribution in [0.25, 0.3) is 0 Å². The standard InChI is InChI=1S/C14H19N3O/c1-4-11-8-13(17(5-2)16-11)14(18)12-9-15-7-6-10(12)3/h6-9,14,18H,4-5H2,1-3H3. The zero-order valence-electron chi connectivity index (χ0n) is 11.1. The van der Waals surface area contributed by atoms with E-state index in [-0.39, 0.29) is 0 Å². The van der Waals surface area contributed by atoms with Crippen molar-refractivity contribution in [1.82, 2.24) is 14.8 Å². The molecule has 0 fully saturated rings. The largest absolute Gasteiger partial charge is 0.382 e. The van der Waals surface area contributed by atoms with Crippen LogP contribution in [0.2, 0.25) is 0 Å². The second-order valence-electron chi connectivity index (χ2n) is 4.36. The fourth-order valence-corrected chi connectivity index (χ4v) is 2.05. The molecule has 2 rings (SSSR count). The molecule has 96 valence electrons. The number of rotatable bonds is 4. The van der Waals surface area contributed by atoms with E-state index in [1.54, 1.807) is 12.4 Å². The molecule has 2 heterocycles. The Morgan fingerprint density at radius 1 is 1.39 bits per heavy atom. The van der Waals surface area contributed by atoms with Gasteiger partial charge in [0, 0.05) is 24.5 Å². The van der Waals surface area contributed by atoms with Gasteiger partial charge in [0.05, 0.1) is 11.4 Å². The molecule has 4 heteroatoms. The van der Waals surface area contributed by atoms with Gasteiger partial charge >= 0.3 is 0 Å².